The van der Waals surface area contributed by atoms with Crippen LogP contribution in [0.3, 0.4) is 0 Å². The second-order valence-corrected chi connectivity index (χ2v) is 8.23. The molecule has 7 heteroatoms. The van der Waals surface area contributed by atoms with Crippen LogP contribution in [0.1, 0.15) is 12.6 Å². The average Bonchev–Trinajstić information content (AvgIpc) is 2.73. The number of hydrogen-bond acceptors (Lipinski definition) is 6. The molecule has 1 atom stereocenters. The topological polar surface area (TPSA) is 69.2 Å². The first-order valence-electron chi connectivity index (χ1n) is 8.81. The van der Waals surface area contributed by atoms with E-state index in [-0.39, 0.29) is 17.5 Å². The summed E-state index contributed by atoms with van der Waals surface area (Å²) in [6.45, 7) is 2.12. The van der Waals surface area contributed by atoms with E-state index in [1.807, 2.05) is 60.7 Å². The van der Waals surface area contributed by atoms with Crippen molar-refractivity contribution in [2.75, 3.05) is 12.4 Å². The largest absolute Gasteiger partial charge is 0.465 e. The number of nitrogens with zero attached hydrogens (tertiary/aromatic N) is 2. The Labute approximate surface area is 171 Å². The lowest BCUT2D eigenvalue weighted by atomic mass is 10.2. The van der Waals surface area contributed by atoms with E-state index < -0.39 is 10.8 Å². The van der Waals surface area contributed by atoms with Gasteiger partial charge >= 0.3 is 5.97 Å². The summed E-state index contributed by atoms with van der Waals surface area (Å²) in [4.78, 5) is 21.6. The summed E-state index contributed by atoms with van der Waals surface area (Å²) in [5, 5.41) is 0.655. The van der Waals surface area contributed by atoms with Crippen molar-refractivity contribution in [3.05, 3.63) is 72.4 Å². The Morgan fingerprint density at radius 2 is 1.71 bits per heavy atom. The minimum Gasteiger partial charge on any atom is -0.465 e. The predicted octanol–water partition coefficient (Wildman–Crippen LogP) is 4.11. The van der Waals surface area contributed by atoms with E-state index in [1.165, 1.54) is 11.8 Å². The van der Waals surface area contributed by atoms with Crippen LogP contribution in [-0.4, -0.2) is 32.5 Å². The van der Waals surface area contributed by atoms with Gasteiger partial charge in [0.15, 0.2) is 5.82 Å². The van der Waals surface area contributed by atoms with E-state index >= 15 is 0 Å². The van der Waals surface area contributed by atoms with Gasteiger partial charge in [0.05, 0.1) is 34.6 Å². The molecule has 28 heavy (non-hydrogen) atoms. The van der Waals surface area contributed by atoms with Gasteiger partial charge in [-0.05, 0) is 25.1 Å². The number of esters is 1. The lowest BCUT2D eigenvalue weighted by molar-refractivity contribution is -0.139. The Morgan fingerprint density at radius 1 is 1.04 bits per heavy atom. The smallest absolute Gasteiger partial charge is 0.316 e. The van der Waals surface area contributed by atoms with Crippen LogP contribution in [-0.2, 0) is 26.1 Å². The molecule has 0 aliphatic carbocycles. The van der Waals surface area contributed by atoms with Crippen molar-refractivity contribution in [3.8, 4) is 11.4 Å². The van der Waals surface area contributed by atoms with Crippen molar-refractivity contribution in [3.63, 3.8) is 0 Å². The molecule has 0 spiro atoms. The maximum atomic E-state index is 12.7. The van der Waals surface area contributed by atoms with E-state index in [0.717, 1.165) is 10.5 Å². The van der Waals surface area contributed by atoms with Gasteiger partial charge in [0.2, 0.25) is 0 Å². The Hall–Kier alpha value is -2.51. The number of thioether (sulfide) groups is 1. The molecule has 0 N–H and O–H groups in total. The van der Waals surface area contributed by atoms with E-state index in [9.17, 15) is 9.00 Å². The molecule has 144 valence electrons. The molecule has 0 fully saturated rings. The monoisotopic (exact) mass is 412 g/mol. The molecular weight excluding hydrogens is 392 g/mol. The standard InChI is InChI=1S/C21H20N2O3S2/c1-2-26-20(24)14-27-19-13-17(15-28(25)18-11-7-4-8-12-18)22-21(23-19)16-9-5-3-6-10-16/h3-13H,2,14-15H2,1H3/t28-/m0/s1. The molecule has 0 saturated carbocycles. The van der Waals surface area contributed by atoms with Gasteiger partial charge in [0.25, 0.3) is 0 Å². The van der Waals surface area contributed by atoms with Crippen molar-refractivity contribution in [1.29, 1.82) is 0 Å². The highest BCUT2D eigenvalue weighted by Crippen LogP contribution is 2.23. The molecule has 5 nitrogen and oxygen atoms in total. The van der Waals surface area contributed by atoms with Crippen LogP contribution in [0, 0.1) is 0 Å². The molecule has 3 aromatic rings. The first kappa shape index (κ1) is 20.2. The van der Waals surface area contributed by atoms with Gasteiger partial charge in [-0.15, -0.1) is 0 Å². The summed E-state index contributed by atoms with van der Waals surface area (Å²) in [5.74, 6) is 0.705. The first-order valence-corrected chi connectivity index (χ1v) is 11.1. The Balaban J connectivity index is 1.86. The second kappa shape index (κ2) is 10.1. The molecule has 0 amide bonds. The fraction of sp³-hybridized carbons (Fsp3) is 0.190. The molecule has 0 bridgehead atoms. The minimum atomic E-state index is -1.21. The predicted molar refractivity (Wildman–Crippen MR) is 111 cm³/mol. The number of hydrogen-bond donors (Lipinski definition) is 0. The van der Waals surface area contributed by atoms with Crippen LogP contribution in [0.2, 0.25) is 0 Å². The highest BCUT2D eigenvalue weighted by Gasteiger charge is 2.13. The number of ether oxygens (including phenoxy) is 1. The minimum absolute atomic E-state index is 0.167. The van der Waals surface area contributed by atoms with Crippen molar-refractivity contribution in [2.45, 2.75) is 22.6 Å². The number of carbonyl (C=O) groups is 1. The van der Waals surface area contributed by atoms with Crippen molar-refractivity contribution in [2.24, 2.45) is 0 Å². The molecule has 0 unspecified atom stereocenters. The quantitative estimate of drug-likeness (QED) is 0.315. The van der Waals surface area contributed by atoms with Crippen molar-refractivity contribution >= 4 is 28.5 Å². The summed E-state index contributed by atoms with van der Waals surface area (Å²) in [6.07, 6.45) is 0. The van der Waals surface area contributed by atoms with Crippen LogP contribution in [0.25, 0.3) is 11.4 Å². The lowest BCUT2D eigenvalue weighted by Crippen LogP contribution is -2.07. The number of benzene rings is 2. The van der Waals surface area contributed by atoms with Crippen molar-refractivity contribution in [1.82, 2.24) is 9.97 Å². The maximum absolute atomic E-state index is 12.7. The van der Waals surface area contributed by atoms with E-state index in [1.54, 1.807) is 13.0 Å². The molecule has 0 radical (unpaired) electrons. The zero-order valence-corrected chi connectivity index (χ0v) is 17.0. The van der Waals surface area contributed by atoms with Gasteiger partial charge in [0, 0.05) is 10.5 Å². The summed E-state index contributed by atoms with van der Waals surface area (Å²) in [7, 11) is -1.21. The van der Waals surface area contributed by atoms with Crippen LogP contribution in [0.15, 0.2) is 76.7 Å². The van der Waals surface area contributed by atoms with E-state index in [4.69, 9.17) is 4.74 Å². The zero-order valence-electron chi connectivity index (χ0n) is 15.4. The molecule has 0 aliphatic heterocycles. The third-order valence-corrected chi connectivity index (χ3v) is 5.96. The molecule has 0 aliphatic rings. The van der Waals surface area contributed by atoms with Gasteiger partial charge < -0.3 is 4.74 Å². The third kappa shape index (κ3) is 5.74. The highest BCUT2D eigenvalue weighted by atomic mass is 32.2. The molecular formula is C21H20N2O3S2. The molecule has 2 aromatic carbocycles. The normalized spacial score (nSPS) is 11.8. The first-order chi connectivity index (χ1) is 13.7. The number of rotatable bonds is 8. The number of carbonyl (C=O) groups excluding carboxylic acids is 1. The zero-order chi connectivity index (χ0) is 19.8. The Kier molecular flexibility index (Phi) is 7.33. The van der Waals surface area contributed by atoms with E-state index in [2.05, 4.69) is 9.97 Å². The second-order valence-electron chi connectivity index (χ2n) is 5.78. The van der Waals surface area contributed by atoms with Crippen molar-refractivity contribution < 1.29 is 13.7 Å². The number of aromatic nitrogens is 2. The molecule has 3 rings (SSSR count). The molecule has 1 aromatic heterocycles. The van der Waals surface area contributed by atoms with Crippen LogP contribution in [0.5, 0.6) is 0 Å². The maximum Gasteiger partial charge on any atom is 0.316 e. The SMILES string of the molecule is CCOC(=O)CSc1cc(C[S@](=O)c2ccccc2)nc(-c2ccccc2)n1. The lowest BCUT2D eigenvalue weighted by Gasteiger charge is -2.08. The van der Waals surface area contributed by atoms with Gasteiger partial charge in [-0.25, -0.2) is 9.97 Å². The van der Waals surface area contributed by atoms with Crippen LogP contribution < -0.4 is 0 Å². The van der Waals surface area contributed by atoms with Gasteiger partial charge in [0.1, 0.15) is 5.03 Å². The molecule has 1 heterocycles. The van der Waals surface area contributed by atoms with E-state index in [0.29, 0.717) is 23.2 Å². The fourth-order valence-electron chi connectivity index (χ4n) is 2.46. The Bertz CT molecular complexity index is 950. The third-order valence-electron chi connectivity index (χ3n) is 3.72. The van der Waals surface area contributed by atoms with Crippen LogP contribution >= 0.6 is 11.8 Å². The summed E-state index contributed by atoms with van der Waals surface area (Å²) < 4.78 is 17.7. The highest BCUT2D eigenvalue weighted by molar-refractivity contribution is 7.99. The molecule has 0 saturated heterocycles. The summed E-state index contributed by atoms with van der Waals surface area (Å²) >= 11 is 1.29. The average molecular weight is 413 g/mol. The van der Waals surface area contributed by atoms with Crippen LogP contribution in [0.4, 0.5) is 0 Å². The fourth-order valence-corrected chi connectivity index (χ4v) is 4.23. The summed E-state index contributed by atoms with van der Waals surface area (Å²) in [6, 6.07) is 20.7. The summed E-state index contributed by atoms with van der Waals surface area (Å²) in [5.41, 5.74) is 1.54. The van der Waals surface area contributed by atoms with Gasteiger partial charge in [-0.2, -0.15) is 0 Å². The Morgan fingerprint density at radius 3 is 2.39 bits per heavy atom. The van der Waals surface area contributed by atoms with Gasteiger partial charge in [-0.1, -0.05) is 60.3 Å². The van der Waals surface area contributed by atoms with Gasteiger partial charge in [-0.3, -0.25) is 9.00 Å².